The smallest absolute Gasteiger partial charge is 0.0551 e. The highest BCUT2D eigenvalue weighted by Crippen LogP contribution is 2.29. The van der Waals surface area contributed by atoms with Gasteiger partial charge in [0.25, 0.3) is 0 Å². The second-order valence-corrected chi connectivity index (χ2v) is 5.37. The van der Waals surface area contributed by atoms with Crippen LogP contribution in [-0.4, -0.2) is 17.5 Å². The van der Waals surface area contributed by atoms with Crippen LogP contribution in [0.5, 0.6) is 0 Å². The van der Waals surface area contributed by atoms with E-state index in [0.29, 0.717) is 6.04 Å². The molecule has 2 rings (SSSR count). The van der Waals surface area contributed by atoms with Crippen LogP contribution in [0.4, 0.5) is 0 Å². The minimum Gasteiger partial charge on any atom is -0.296 e. The molecule has 0 amide bonds. The molecule has 1 fully saturated rings. The molecule has 0 aliphatic carbocycles. The monoisotopic (exact) mass is 287 g/mol. The molecule has 15 heavy (non-hydrogen) atoms. The van der Waals surface area contributed by atoms with Gasteiger partial charge >= 0.3 is 0 Å². The van der Waals surface area contributed by atoms with Gasteiger partial charge in [0.2, 0.25) is 0 Å². The predicted molar refractivity (Wildman–Crippen MR) is 68.3 cm³/mol. The van der Waals surface area contributed by atoms with Gasteiger partial charge < -0.3 is 0 Å². The zero-order chi connectivity index (χ0) is 10.8. The largest absolute Gasteiger partial charge is 0.296 e. The summed E-state index contributed by atoms with van der Waals surface area (Å²) in [4.78, 5) is 2.51. The number of hydrogen-bond acceptors (Lipinski definition) is 1. The molecule has 0 bridgehead atoms. The number of rotatable bonds is 2. The Morgan fingerprint density at radius 2 is 2.33 bits per heavy atom. The fraction of sp³-hybridized carbons (Fsp3) is 0.500. The van der Waals surface area contributed by atoms with E-state index in [2.05, 4.69) is 33.8 Å². The predicted octanol–water partition coefficient (Wildman–Crippen LogP) is 4.09. The standard InChI is InChI=1S/C12H15BrClN/c1-9-4-3-7-15(9)8-10-5-2-6-11(14)12(10)13/h2,5-6,9H,3-4,7-8H2,1H3. The first-order valence-electron chi connectivity index (χ1n) is 5.35. The highest BCUT2D eigenvalue weighted by Gasteiger charge is 2.20. The van der Waals surface area contributed by atoms with Crippen LogP contribution >= 0.6 is 27.5 Å². The van der Waals surface area contributed by atoms with Crippen molar-refractivity contribution in [2.24, 2.45) is 0 Å². The Labute approximate surface area is 105 Å². The lowest BCUT2D eigenvalue weighted by atomic mass is 10.2. The van der Waals surface area contributed by atoms with Crippen molar-refractivity contribution in [3.8, 4) is 0 Å². The van der Waals surface area contributed by atoms with Gasteiger partial charge in [0.05, 0.1) is 5.02 Å². The van der Waals surface area contributed by atoms with Gasteiger partial charge in [0, 0.05) is 17.1 Å². The fourth-order valence-corrected chi connectivity index (χ4v) is 2.70. The van der Waals surface area contributed by atoms with E-state index in [1.165, 1.54) is 24.9 Å². The minimum atomic E-state index is 0.705. The van der Waals surface area contributed by atoms with Crippen LogP contribution in [0.15, 0.2) is 22.7 Å². The lowest BCUT2D eigenvalue weighted by molar-refractivity contribution is 0.260. The molecule has 1 nitrogen and oxygen atoms in total. The van der Waals surface area contributed by atoms with Crippen molar-refractivity contribution in [2.75, 3.05) is 6.54 Å². The second kappa shape index (κ2) is 4.86. The van der Waals surface area contributed by atoms with E-state index in [9.17, 15) is 0 Å². The summed E-state index contributed by atoms with van der Waals surface area (Å²) in [5.74, 6) is 0. The van der Waals surface area contributed by atoms with E-state index in [4.69, 9.17) is 11.6 Å². The van der Waals surface area contributed by atoms with Gasteiger partial charge in [-0.25, -0.2) is 0 Å². The molecule has 1 aromatic carbocycles. The van der Waals surface area contributed by atoms with Crippen molar-refractivity contribution in [3.05, 3.63) is 33.3 Å². The molecule has 3 heteroatoms. The molecule has 1 heterocycles. The number of nitrogens with zero attached hydrogens (tertiary/aromatic N) is 1. The lowest BCUT2D eigenvalue weighted by Crippen LogP contribution is -2.26. The molecule has 1 unspecified atom stereocenters. The molecule has 1 aliphatic rings. The fourth-order valence-electron chi connectivity index (χ4n) is 2.12. The number of hydrogen-bond donors (Lipinski definition) is 0. The quantitative estimate of drug-likeness (QED) is 0.792. The number of likely N-dealkylation sites (tertiary alicyclic amines) is 1. The van der Waals surface area contributed by atoms with Crippen LogP contribution in [0.3, 0.4) is 0 Å². The molecule has 0 radical (unpaired) electrons. The Bertz CT molecular complexity index is 353. The second-order valence-electron chi connectivity index (χ2n) is 4.17. The van der Waals surface area contributed by atoms with E-state index in [0.717, 1.165) is 16.0 Å². The molecule has 1 aliphatic heterocycles. The van der Waals surface area contributed by atoms with Crippen molar-refractivity contribution < 1.29 is 0 Å². The van der Waals surface area contributed by atoms with Crippen LogP contribution < -0.4 is 0 Å². The molecule has 0 saturated carbocycles. The first kappa shape index (κ1) is 11.4. The SMILES string of the molecule is CC1CCCN1Cc1cccc(Cl)c1Br. The topological polar surface area (TPSA) is 3.24 Å². The van der Waals surface area contributed by atoms with Gasteiger partial charge in [-0.15, -0.1) is 0 Å². The summed E-state index contributed by atoms with van der Waals surface area (Å²) in [6.45, 7) is 4.51. The van der Waals surface area contributed by atoms with Crippen molar-refractivity contribution in [1.82, 2.24) is 4.90 Å². The minimum absolute atomic E-state index is 0.705. The Hall–Kier alpha value is -0.0500. The molecule has 82 valence electrons. The maximum Gasteiger partial charge on any atom is 0.0551 e. The van der Waals surface area contributed by atoms with Crippen LogP contribution in [-0.2, 0) is 6.54 Å². The molecule has 1 saturated heterocycles. The molecule has 0 aromatic heterocycles. The summed E-state index contributed by atoms with van der Waals surface area (Å²) >= 11 is 9.62. The highest BCUT2D eigenvalue weighted by molar-refractivity contribution is 9.10. The Balaban J connectivity index is 2.13. The van der Waals surface area contributed by atoms with E-state index in [1.807, 2.05) is 12.1 Å². The maximum absolute atomic E-state index is 6.07. The van der Waals surface area contributed by atoms with E-state index in [-0.39, 0.29) is 0 Å². The highest BCUT2D eigenvalue weighted by atomic mass is 79.9. The number of benzene rings is 1. The van der Waals surface area contributed by atoms with Crippen molar-refractivity contribution >= 4 is 27.5 Å². The first-order chi connectivity index (χ1) is 7.18. The molecule has 1 aromatic rings. The summed E-state index contributed by atoms with van der Waals surface area (Å²) < 4.78 is 1.05. The molecule has 1 atom stereocenters. The summed E-state index contributed by atoms with van der Waals surface area (Å²) in [6.07, 6.45) is 2.64. The Morgan fingerprint density at radius 3 is 3.00 bits per heavy atom. The third-order valence-electron chi connectivity index (χ3n) is 3.10. The summed E-state index contributed by atoms with van der Waals surface area (Å²) in [7, 11) is 0. The third kappa shape index (κ3) is 2.55. The maximum atomic E-state index is 6.07. The lowest BCUT2D eigenvalue weighted by Gasteiger charge is -2.21. The average molecular weight is 289 g/mol. The molecular formula is C12H15BrClN. The van der Waals surface area contributed by atoms with Crippen molar-refractivity contribution in [1.29, 1.82) is 0 Å². The molecule has 0 N–H and O–H groups in total. The Morgan fingerprint density at radius 1 is 1.53 bits per heavy atom. The van der Waals surface area contributed by atoms with E-state index < -0.39 is 0 Å². The molecule has 0 spiro atoms. The summed E-state index contributed by atoms with van der Waals surface area (Å²) in [6, 6.07) is 6.78. The zero-order valence-corrected chi connectivity index (χ0v) is 11.2. The third-order valence-corrected chi connectivity index (χ3v) is 4.58. The zero-order valence-electron chi connectivity index (χ0n) is 8.84. The van der Waals surface area contributed by atoms with Gasteiger partial charge in [0.15, 0.2) is 0 Å². The van der Waals surface area contributed by atoms with Gasteiger partial charge in [-0.05, 0) is 53.9 Å². The van der Waals surface area contributed by atoms with Crippen LogP contribution in [0.1, 0.15) is 25.3 Å². The average Bonchev–Trinajstić information content (AvgIpc) is 2.60. The van der Waals surface area contributed by atoms with Crippen LogP contribution in [0.2, 0.25) is 5.02 Å². The number of halogens is 2. The normalized spacial score (nSPS) is 22.2. The van der Waals surface area contributed by atoms with Crippen LogP contribution in [0, 0.1) is 0 Å². The van der Waals surface area contributed by atoms with Crippen molar-refractivity contribution in [2.45, 2.75) is 32.4 Å². The van der Waals surface area contributed by atoms with Gasteiger partial charge in [-0.2, -0.15) is 0 Å². The first-order valence-corrected chi connectivity index (χ1v) is 6.52. The Kier molecular flexibility index (Phi) is 3.70. The van der Waals surface area contributed by atoms with E-state index >= 15 is 0 Å². The summed E-state index contributed by atoms with van der Waals surface area (Å²) in [5, 5.41) is 0.805. The van der Waals surface area contributed by atoms with E-state index in [1.54, 1.807) is 0 Å². The van der Waals surface area contributed by atoms with Gasteiger partial charge in [0.1, 0.15) is 0 Å². The van der Waals surface area contributed by atoms with Crippen LogP contribution in [0.25, 0.3) is 0 Å². The van der Waals surface area contributed by atoms with Crippen molar-refractivity contribution in [3.63, 3.8) is 0 Å². The van der Waals surface area contributed by atoms with Gasteiger partial charge in [-0.3, -0.25) is 4.90 Å². The molecular weight excluding hydrogens is 273 g/mol. The summed E-state index contributed by atoms with van der Waals surface area (Å²) in [5.41, 5.74) is 1.29. The van der Waals surface area contributed by atoms with Gasteiger partial charge in [-0.1, -0.05) is 23.7 Å².